The maximum atomic E-state index is 13.0. The molecule has 1 unspecified atom stereocenters. The third kappa shape index (κ3) is 9.17. The molecular weight excluding hydrogens is 405 g/mol. The van der Waals surface area contributed by atoms with Gasteiger partial charge in [0.1, 0.15) is 0 Å². The number of benzene rings is 1. The molecule has 29 heavy (non-hydrogen) atoms. The van der Waals surface area contributed by atoms with Crippen molar-refractivity contribution in [2.45, 2.75) is 104 Å². The highest BCUT2D eigenvalue weighted by atomic mass is 35.5. The summed E-state index contributed by atoms with van der Waals surface area (Å²) in [6.45, 7) is 6.34. The lowest BCUT2D eigenvalue weighted by Gasteiger charge is -2.19. The van der Waals surface area contributed by atoms with E-state index in [4.69, 9.17) is 23.2 Å². The van der Waals surface area contributed by atoms with Gasteiger partial charge in [0.25, 0.3) is 0 Å². The molecule has 0 aromatic heterocycles. The summed E-state index contributed by atoms with van der Waals surface area (Å²) in [7, 11) is 0. The Bertz CT molecular complexity index is 619. The smallest absolute Gasteiger partial charge is 0.227 e. The van der Waals surface area contributed by atoms with E-state index in [0.29, 0.717) is 22.7 Å². The molecule has 2 N–H and O–H groups in total. The van der Waals surface area contributed by atoms with E-state index < -0.39 is 0 Å². The molecule has 0 aliphatic carbocycles. The van der Waals surface area contributed by atoms with E-state index >= 15 is 0 Å². The Morgan fingerprint density at radius 2 is 1.45 bits per heavy atom. The number of amides is 1. The van der Waals surface area contributed by atoms with E-state index in [2.05, 4.69) is 19.2 Å². The maximum Gasteiger partial charge on any atom is 0.227 e. The van der Waals surface area contributed by atoms with Crippen LogP contribution in [0.4, 0.5) is 5.69 Å². The van der Waals surface area contributed by atoms with Crippen molar-refractivity contribution in [3.8, 4) is 5.75 Å². The number of hydrogen-bond donors (Lipinski definition) is 2. The average Bonchev–Trinajstić information content (AvgIpc) is 2.70. The van der Waals surface area contributed by atoms with Crippen molar-refractivity contribution >= 4 is 34.8 Å². The fraction of sp³-hybridized carbons (Fsp3) is 0.708. The summed E-state index contributed by atoms with van der Waals surface area (Å²) < 4.78 is 0. The molecule has 0 saturated carbocycles. The molecule has 1 atom stereocenters. The van der Waals surface area contributed by atoms with Crippen LogP contribution in [0.2, 0.25) is 10.0 Å². The number of halogens is 2. The number of rotatable bonds is 15. The number of carbonyl (C=O) groups is 1. The Morgan fingerprint density at radius 1 is 0.931 bits per heavy atom. The lowest BCUT2D eigenvalue weighted by atomic mass is 9.93. The van der Waals surface area contributed by atoms with Gasteiger partial charge in [-0.15, -0.1) is 0 Å². The Hall–Kier alpha value is -0.930. The summed E-state index contributed by atoms with van der Waals surface area (Å²) in [5.41, 5.74) is 1.01. The van der Waals surface area contributed by atoms with Crippen LogP contribution in [0.25, 0.3) is 0 Å². The van der Waals surface area contributed by atoms with E-state index in [9.17, 15) is 9.90 Å². The van der Waals surface area contributed by atoms with Crippen molar-refractivity contribution in [1.29, 1.82) is 0 Å². The fourth-order valence-electron chi connectivity index (χ4n) is 3.70. The number of phenols is 1. The van der Waals surface area contributed by atoms with E-state index in [1.807, 2.05) is 6.92 Å². The second kappa shape index (κ2) is 15.0. The second-order valence-electron chi connectivity index (χ2n) is 7.99. The first-order chi connectivity index (χ1) is 14.0. The van der Waals surface area contributed by atoms with E-state index in [1.165, 1.54) is 44.9 Å². The molecule has 0 bridgehead atoms. The summed E-state index contributed by atoms with van der Waals surface area (Å²) in [5.74, 6) is -0.173. The van der Waals surface area contributed by atoms with Crippen molar-refractivity contribution in [2.75, 3.05) is 5.32 Å². The third-order valence-electron chi connectivity index (χ3n) is 5.58. The lowest BCUT2D eigenvalue weighted by Crippen LogP contribution is -2.23. The summed E-state index contributed by atoms with van der Waals surface area (Å²) in [5, 5.41) is 14.0. The number of phenolic OH excluding ortho intramolecular Hbond substituents is 1. The van der Waals surface area contributed by atoms with Crippen LogP contribution < -0.4 is 5.32 Å². The SMILES string of the molecule is CCCCCCCCC(CCCCCC)C(=O)Nc1cc(Cl)c(CC)c(Cl)c1O. The van der Waals surface area contributed by atoms with Gasteiger partial charge in [-0.3, -0.25) is 4.79 Å². The lowest BCUT2D eigenvalue weighted by molar-refractivity contribution is -0.120. The average molecular weight is 444 g/mol. The van der Waals surface area contributed by atoms with E-state index in [-0.39, 0.29) is 22.6 Å². The zero-order valence-electron chi connectivity index (χ0n) is 18.5. The number of aromatic hydroxyl groups is 1. The summed E-state index contributed by atoms with van der Waals surface area (Å²) in [6, 6.07) is 1.61. The minimum atomic E-state index is -0.0921. The largest absolute Gasteiger partial charge is 0.504 e. The van der Waals surface area contributed by atoms with E-state index in [0.717, 1.165) is 32.1 Å². The zero-order valence-corrected chi connectivity index (χ0v) is 20.0. The fourth-order valence-corrected chi connectivity index (χ4v) is 4.42. The molecule has 3 nitrogen and oxygen atoms in total. The van der Waals surface area contributed by atoms with Gasteiger partial charge >= 0.3 is 0 Å². The van der Waals surface area contributed by atoms with Crippen LogP contribution in [0.1, 0.15) is 103 Å². The Balaban J connectivity index is 2.74. The summed E-state index contributed by atoms with van der Waals surface area (Å²) in [6.07, 6.45) is 14.3. The normalized spacial score (nSPS) is 12.2. The van der Waals surface area contributed by atoms with Crippen LogP contribution in [0.5, 0.6) is 5.75 Å². The number of carbonyl (C=O) groups excluding carboxylic acids is 1. The molecule has 1 aromatic rings. The van der Waals surface area contributed by atoms with Gasteiger partial charge in [0, 0.05) is 10.9 Å². The van der Waals surface area contributed by atoms with Gasteiger partial charge in [-0.05, 0) is 30.9 Å². The minimum absolute atomic E-state index is 0.0401. The van der Waals surface area contributed by atoms with Crippen molar-refractivity contribution in [3.05, 3.63) is 21.7 Å². The summed E-state index contributed by atoms with van der Waals surface area (Å²) in [4.78, 5) is 13.0. The number of anilines is 1. The van der Waals surface area contributed by atoms with Crippen LogP contribution in [-0.2, 0) is 11.2 Å². The standard InChI is InChI=1S/C24H39Cl2NO2/c1-4-7-9-11-12-14-16-18(15-13-10-8-5-2)24(29)27-21-17-20(25)19(6-3)22(26)23(21)28/h17-18,28H,4-16H2,1-3H3,(H,27,29). The Labute approximate surface area is 187 Å². The van der Waals surface area contributed by atoms with Gasteiger partial charge in [0.05, 0.1) is 10.7 Å². The summed E-state index contributed by atoms with van der Waals surface area (Å²) >= 11 is 12.5. The molecule has 1 rings (SSSR count). The van der Waals surface area contributed by atoms with Crippen molar-refractivity contribution in [3.63, 3.8) is 0 Å². The predicted molar refractivity (Wildman–Crippen MR) is 126 cm³/mol. The molecular formula is C24H39Cl2NO2. The van der Waals surface area contributed by atoms with Crippen LogP contribution >= 0.6 is 23.2 Å². The molecule has 0 heterocycles. The molecule has 1 amide bonds. The van der Waals surface area contributed by atoms with E-state index in [1.54, 1.807) is 6.07 Å². The molecule has 0 spiro atoms. The molecule has 5 heteroatoms. The van der Waals surface area contributed by atoms with Crippen molar-refractivity contribution < 1.29 is 9.90 Å². The minimum Gasteiger partial charge on any atom is -0.504 e. The van der Waals surface area contributed by atoms with Gasteiger partial charge in [0.2, 0.25) is 5.91 Å². The maximum absolute atomic E-state index is 13.0. The molecule has 0 aliphatic heterocycles. The number of unbranched alkanes of at least 4 members (excludes halogenated alkanes) is 8. The monoisotopic (exact) mass is 443 g/mol. The Kier molecular flexibility index (Phi) is 13.5. The molecule has 166 valence electrons. The number of nitrogens with one attached hydrogen (secondary N) is 1. The molecule has 0 radical (unpaired) electrons. The van der Waals surface area contributed by atoms with Crippen molar-refractivity contribution in [1.82, 2.24) is 0 Å². The highest BCUT2D eigenvalue weighted by Crippen LogP contribution is 2.40. The van der Waals surface area contributed by atoms with Gasteiger partial charge in [-0.1, -0.05) is 108 Å². The Morgan fingerprint density at radius 3 is 2.00 bits per heavy atom. The third-order valence-corrected chi connectivity index (χ3v) is 6.33. The highest BCUT2D eigenvalue weighted by molar-refractivity contribution is 6.37. The van der Waals surface area contributed by atoms with Gasteiger partial charge in [-0.25, -0.2) is 0 Å². The van der Waals surface area contributed by atoms with Crippen molar-refractivity contribution in [2.24, 2.45) is 5.92 Å². The molecule has 0 aliphatic rings. The first kappa shape index (κ1) is 26.1. The quantitative estimate of drug-likeness (QED) is 0.210. The molecule has 0 saturated heterocycles. The first-order valence-corrected chi connectivity index (χ1v) is 12.2. The molecule has 0 fully saturated rings. The highest BCUT2D eigenvalue weighted by Gasteiger charge is 2.21. The topological polar surface area (TPSA) is 49.3 Å². The van der Waals surface area contributed by atoms with Gasteiger partial charge < -0.3 is 10.4 Å². The second-order valence-corrected chi connectivity index (χ2v) is 8.78. The zero-order chi connectivity index (χ0) is 21.6. The van der Waals surface area contributed by atoms with Gasteiger partial charge in [-0.2, -0.15) is 0 Å². The van der Waals surface area contributed by atoms with Crippen LogP contribution in [0, 0.1) is 5.92 Å². The van der Waals surface area contributed by atoms with Crippen LogP contribution in [0.3, 0.4) is 0 Å². The molecule has 1 aromatic carbocycles. The first-order valence-electron chi connectivity index (χ1n) is 11.5. The van der Waals surface area contributed by atoms with Crippen LogP contribution in [0.15, 0.2) is 6.07 Å². The van der Waals surface area contributed by atoms with Crippen LogP contribution in [-0.4, -0.2) is 11.0 Å². The number of hydrogen-bond acceptors (Lipinski definition) is 2. The predicted octanol–water partition coefficient (Wildman–Crippen LogP) is 8.54. The van der Waals surface area contributed by atoms with Gasteiger partial charge in [0.15, 0.2) is 5.75 Å².